The number of aromatic nitrogens is 2. The summed E-state index contributed by atoms with van der Waals surface area (Å²) in [4.78, 5) is 33.9. The third-order valence-electron chi connectivity index (χ3n) is 5.77. The largest absolute Gasteiger partial charge is 0.481 e. The number of halogens is 1. The summed E-state index contributed by atoms with van der Waals surface area (Å²) in [6, 6.07) is 9.30. The van der Waals surface area contributed by atoms with Gasteiger partial charge in [0.15, 0.2) is 6.10 Å². The Kier molecular flexibility index (Phi) is 6.37. The molecule has 1 aromatic carbocycles. The van der Waals surface area contributed by atoms with E-state index in [-0.39, 0.29) is 18.2 Å². The van der Waals surface area contributed by atoms with Gasteiger partial charge in [0.25, 0.3) is 5.91 Å². The number of pyridine rings is 1. The summed E-state index contributed by atoms with van der Waals surface area (Å²) in [7, 11) is 0. The first-order valence-corrected chi connectivity index (χ1v) is 11.1. The molecular formula is C24H27ClN4O3. The maximum atomic E-state index is 13.0. The molecule has 168 valence electrons. The van der Waals surface area contributed by atoms with E-state index in [1.54, 1.807) is 34.9 Å². The number of hydrogen-bond donors (Lipinski definition) is 0. The second-order valence-electron chi connectivity index (χ2n) is 8.21. The molecule has 1 aliphatic rings. The number of hydrogen-bond acceptors (Lipinski definition) is 4. The predicted molar refractivity (Wildman–Crippen MR) is 123 cm³/mol. The van der Waals surface area contributed by atoms with E-state index >= 15 is 0 Å². The van der Waals surface area contributed by atoms with Crippen LogP contribution in [0.1, 0.15) is 30.2 Å². The summed E-state index contributed by atoms with van der Waals surface area (Å²) >= 11 is 6.00. The normalized spacial score (nSPS) is 15.7. The van der Waals surface area contributed by atoms with Crippen molar-refractivity contribution in [3.05, 3.63) is 64.6 Å². The highest BCUT2D eigenvalue weighted by atomic mass is 35.5. The fraction of sp³-hybridized carbons (Fsp3) is 0.375. The molecule has 0 spiro atoms. The van der Waals surface area contributed by atoms with Crippen molar-refractivity contribution in [3.63, 3.8) is 0 Å². The Hall–Kier alpha value is -3.06. The molecule has 1 aliphatic heterocycles. The lowest BCUT2D eigenvalue weighted by atomic mass is 10.2. The highest BCUT2D eigenvalue weighted by Crippen LogP contribution is 2.23. The van der Waals surface area contributed by atoms with Crippen LogP contribution in [0, 0.1) is 13.8 Å². The van der Waals surface area contributed by atoms with Gasteiger partial charge in [0, 0.05) is 43.5 Å². The lowest BCUT2D eigenvalue weighted by Gasteiger charge is -2.25. The van der Waals surface area contributed by atoms with E-state index in [0.717, 1.165) is 22.5 Å². The van der Waals surface area contributed by atoms with Gasteiger partial charge in [0.2, 0.25) is 5.91 Å². The quantitative estimate of drug-likeness (QED) is 0.590. The van der Waals surface area contributed by atoms with Gasteiger partial charge in [-0.25, -0.2) is 4.98 Å². The molecule has 1 atom stereocenters. The molecular weight excluding hydrogens is 428 g/mol. The van der Waals surface area contributed by atoms with Crippen LogP contribution in [0.15, 0.2) is 42.7 Å². The summed E-state index contributed by atoms with van der Waals surface area (Å²) < 4.78 is 7.86. The number of carbonyl (C=O) groups excluding carboxylic acids is 2. The zero-order valence-electron chi connectivity index (χ0n) is 18.5. The molecule has 1 unspecified atom stereocenters. The van der Waals surface area contributed by atoms with Crippen LogP contribution < -0.4 is 4.74 Å². The minimum Gasteiger partial charge on any atom is -0.481 e. The van der Waals surface area contributed by atoms with Gasteiger partial charge in [-0.1, -0.05) is 17.7 Å². The molecule has 7 nitrogen and oxygen atoms in total. The summed E-state index contributed by atoms with van der Waals surface area (Å²) in [6.45, 7) is 7.38. The van der Waals surface area contributed by atoms with E-state index in [2.05, 4.69) is 4.98 Å². The topological polar surface area (TPSA) is 67.2 Å². The van der Waals surface area contributed by atoms with Crippen LogP contribution in [-0.2, 0) is 16.1 Å². The fourth-order valence-corrected chi connectivity index (χ4v) is 4.20. The van der Waals surface area contributed by atoms with Gasteiger partial charge in [-0.3, -0.25) is 9.59 Å². The molecule has 0 radical (unpaired) electrons. The van der Waals surface area contributed by atoms with Gasteiger partial charge in [0.05, 0.1) is 12.2 Å². The third-order valence-corrected chi connectivity index (χ3v) is 6.00. The van der Waals surface area contributed by atoms with E-state index in [0.29, 0.717) is 37.0 Å². The monoisotopic (exact) mass is 454 g/mol. The van der Waals surface area contributed by atoms with E-state index in [1.807, 2.05) is 42.8 Å². The van der Waals surface area contributed by atoms with E-state index in [4.69, 9.17) is 16.3 Å². The first-order chi connectivity index (χ1) is 15.3. The van der Waals surface area contributed by atoms with E-state index in [1.165, 1.54) is 0 Å². The molecule has 0 N–H and O–H groups in total. The molecule has 0 aliphatic carbocycles. The lowest BCUT2D eigenvalue weighted by molar-refractivity contribution is -0.137. The van der Waals surface area contributed by atoms with Crippen molar-refractivity contribution in [3.8, 4) is 5.75 Å². The molecule has 8 heteroatoms. The predicted octanol–water partition coefficient (Wildman–Crippen LogP) is 3.63. The number of carbonyl (C=O) groups is 2. The van der Waals surface area contributed by atoms with Gasteiger partial charge >= 0.3 is 0 Å². The minimum absolute atomic E-state index is 0.0243. The highest BCUT2D eigenvalue weighted by Gasteiger charge is 2.28. The number of nitrogens with zero attached hydrogens (tertiary/aromatic N) is 4. The standard InChI is InChI=1S/C24H27ClN4O3/c1-16-5-4-9-29-15-20(26-23(16)29)14-28-12-11-27(10-8-22(28)30)24(31)18(3)32-21-7-6-19(25)13-17(21)2/h4-7,9,13,15,18H,8,10-12,14H2,1-3H3. The van der Waals surface area contributed by atoms with Crippen LogP contribution in [0.5, 0.6) is 5.75 Å². The van der Waals surface area contributed by atoms with Gasteiger partial charge in [-0.15, -0.1) is 0 Å². The van der Waals surface area contributed by atoms with Crippen LogP contribution in [0.2, 0.25) is 5.02 Å². The van der Waals surface area contributed by atoms with Crippen molar-refractivity contribution >= 4 is 29.1 Å². The van der Waals surface area contributed by atoms with Crippen molar-refractivity contribution in [1.29, 1.82) is 0 Å². The van der Waals surface area contributed by atoms with Gasteiger partial charge in [0.1, 0.15) is 11.4 Å². The first kappa shape index (κ1) is 22.1. The smallest absolute Gasteiger partial charge is 0.263 e. The summed E-state index contributed by atoms with van der Waals surface area (Å²) in [5.41, 5.74) is 3.69. The molecule has 2 aromatic heterocycles. The number of imidazole rings is 1. The van der Waals surface area contributed by atoms with Gasteiger partial charge in [-0.05, 0) is 56.2 Å². The maximum Gasteiger partial charge on any atom is 0.263 e. The molecule has 4 rings (SSSR count). The minimum atomic E-state index is -0.655. The zero-order chi connectivity index (χ0) is 22.8. The summed E-state index contributed by atoms with van der Waals surface area (Å²) in [6.07, 6.45) is 3.53. The summed E-state index contributed by atoms with van der Waals surface area (Å²) in [5.74, 6) is 0.526. The molecule has 0 bridgehead atoms. The Balaban J connectivity index is 1.40. The number of benzene rings is 1. The number of fused-ring (bicyclic) bond motifs is 1. The molecule has 2 amide bonds. The summed E-state index contributed by atoms with van der Waals surface area (Å²) in [5, 5.41) is 0.626. The Bertz CT molecular complexity index is 1160. The van der Waals surface area contributed by atoms with Crippen molar-refractivity contribution < 1.29 is 14.3 Å². The van der Waals surface area contributed by atoms with Crippen molar-refractivity contribution in [2.24, 2.45) is 0 Å². The van der Waals surface area contributed by atoms with Crippen LogP contribution in [-0.4, -0.2) is 56.7 Å². The second-order valence-corrected chi connectivity index (χ2v) is 8.65. The molecule has 32 heavy (non-hydrogen) atoms. The first-order valence-electron chi connectivity index (χ1n) is 10.7. The number of rotatable bonds is 5. The van der Waals surface area contributed by atoms with Crippen LogP contribution >= 0.6 is 11.6 Å². The Morgan fingerprint density at radius 3 is 2.75 bits per heavy atom. The molecule has 0 saturated carbocycles. The lowest BCUT2D eigenvalue weighted by Crippen LogP contribution is -2.42. The number of ether oxygens (including phenoxy) is 1. The second kappa shape index (κ2) is 9.20. The molecule has 3 heterocycles. The van der Waals surface area contributed by atoms with Gasteiger partial charge < -0.3 is 18.9 Å². The van der Waals surface area contributed by atoms with E-state index in [9.17, 15) is 9.59 Å². The van der Waals surface area contributed by atoms with E-state index < -0.39 is 6.10 Å². The van der Waals surface area contributed by atoms with Crippen molar-refractivity contribution in [2.75, 3.05) is 19.6 Å². The molecule has 1 saturated heterocycles. The highest BCUT2D eigenvalue weighted by molar-refractivity contribution is 6.30. The molecule has 3 aromatic rings. The zero-order valence-corrected chi connectivity index (χ0v) is 19.3. The Morgan fingerprint density at radius 1 is 1.19 bits per heavy atom. The Morgan fingerprint density at radius 2 is 2.00 bits per heavy atom. The fourth-order valence-electron chi connectivity index (χ4n) is 3.97. The SMILES string of the molecule is Cc1cc(Cl)ccc1OC(C)C(=O)N1CCC(=O)N(Cc2cn3cccc(C)c3n2)CC1. The van der Waals surface area contributed by atoms with Crippen LogP contribution in [0.4, 0.5) is 0 Å². The Labute approximate surface area is 192 Å². The van der Waals surface area contributed by atoms with Gasteiger partial charge in [-0.2, -0.15) is 0 Å². The molecule has 1 fully saturated rings. The number of amides is 2. The third kappa shape index (κ3) is 4.72. The van der Waals surface area contributed by atoms with Crippen molar-refractivity contribution in [1.82, 2.24) is 19.2 Å². The average molecular weight is 455 g/mol. The van der Waals surface area contributed by atoms with Crippen LogP contribution in [0.25, 0.3) is 5.65 Å². The van der Waals surface area contributed by atoms with Crippen molar-refractivity contribution in [2.45, 2.75) is 39.8 Å². The maximum absolute atomic E-state index is 13.0. The number of aryl methyl sites for hydroxylation is 2. The van der Waals surface area contributed by atoms with Crippen LogP contribution in [0.3, 0.4) is 0 Å². The average Bonchev–Trinajstić information content (AvgIpc) is 3.09.